The van der Waals surface area contributed by atoms with Crippen LogP contribution in [0.3, 0.4) is 0 Å². The molecule has 112 valence electrons. The van der Waals surface area contributed by atoms with E-state index in [0.29, 0.717) is 12.1 Å². The molecule has 0 aliphatic rings. The van der Waals surface area contributed by atoms with Gasteiger partial charge in [-0.3, -0.25) is 0 Å². The molecule has 0 unspecified atom stereocenters. The molecule has 2 nitrogen and oxygen atoms in total. The molecular weight excluding hydrogens is 265 g/mol. The van der Waals surface area contributed by atoms with Crippen LogP contribution in [0.1, 0.15) is 26.3 Å². The molecule has 0 aliphatic carbocycles. The number of hydrogen-bond donors (Lipinski definition) is 1. The number of nitrogens with one attached hydrogen (secondary N) is 1. The van der Waals surface area contributed by atoms with Gasteiger partial charge in [-0.15, -0.1) is 0 Å². The maximum atomic E-state index is 14.2. The zero-order chi connectivity index (χ0) is 15.2. The van der Waals surface area contributed by atoms with Crippen LogP contribution in [0.2, 0.25) is 0 Å². The molecule has 0 spiro atoms. The maximum absolute atomic E-state index is 14.2. The van der Waals surface area contributed by atoms with Gasteiger partial charge >= 0.3 is 0 Å². The van der Waals surface area contributed by atoms with E-state index in [-0.39, 0.29) is 11.9 Å². The van der Waals surface area contributed by atoms with Gasteiger partial charge in [0.1, 0.15) is 11.6 Å². The summed E-state index contributed by atoms with van der Waals surface area (Å²) in [7, 11) is 0. The Bertz CT molecular complexity index is 596. The van der Waals surface area contributed by atoms with Crippen LogP contribution in [0.15, 0.2) is 42.5 Å². The Labute approximate surface area is 126 Å². The van der Waals surface area contributed by atoms with Gasteiger partial charge in [0.15, 0.2) is 0 Å². The Hall–Kier alpha value is -1.87. The summed E-state index contributed by atoms with van der Waals surface area (Å²) in [5, 5.41) is 3.14. The van der Waals surface area contributed by atoms with Crippen molar-refractivity contribution in [2.75, 3.05) is 6.54 Å². The minimum atomic E-state index is -0.187. The summed E-state index contributed by atoms with van der Waals surface area (Å²) >= 11 is 0. The minimum absolute atomic E-state index is 0.0871. The summed E-state index contributed by atoms with van der Waals surface area (Å²) < 4.78 is 20.0. The van der Waals surface area contributed by atoms with E-state index in [9.17, 15) is 4.39 Å². The van der Waals surface area contributed by atoms with Crippen LogP contribution in [-0.2, 0) is 6.54 Å². The average molecular weight is 287 g/mol. The van der Waals surface area contributed by atoms with Crippen molar-refractivity contribution in [3.8, 4) is 16.9 Å². The zero-order valence-electron chi connectivity index (χ0n) is 12.8. The van der Waals surface area contributed by atoms with Crippen LogP contribution >= 0.6 is 0 Å². The fourth-order valence-electron chi connectivity index (χ4n) is 2.18. The fraction of sp³-hybridized carbons (Fsp3) is 0.333. The third kappa shape index (κ3) is 4.05. The topological polar surface area (TPSA) is 21.3 Å². The Morgan fingerprint density at radius 3 is 2.57 bits per heavy atom. The van der Waals surface area contributed by atoms with Gasteiger partial charge in [-0.05, 0) is 38.1 Å². The van der Waals surface area contributed by atoms with E-state index in [1.54, 1.807) is 6.07 Å². The van der Waals surface area contributed by atoms with E-state index in [1.165, 1.54) is 0 Å². The summed E-state index contributed by atoms with van der Waals surface area (Å²) in [4.78, 5) is 0. The summed E-state index contributed by atoms with van der Waals surface area (Å²) in [6.07, 6.45) is 0.0871. The highest BCUT2D eigenvalue weighted by molar-refractivity contribution is 5.70. The first kappa shape index (κ1) is 15.5. The first-order chi connectivity index (χ1) is 10.1. The quantitative estimate of drug-likeness (QED) is 0.850. The normalized spacial score (nSPS) is 10.9. The lowest BCUT2D eigenvalue weighted by molar-refractivity contribution is 0.243. The molecule has 21 heavy (non-hydrogen) atoms. The van der Waals surface area contributed by atoms with Crippen molar-refractivity contribution in [3.63, 3.8) is 0 Å². The highest BCUT2D eigenvalue weighted by Crippen LogP contribution is 2.31. The third-order valence-electron chi connectivity index (χ3n) is 3.18. The molecule has 0 fully saturated rings. The van der Waals surface area contributed by atoms with Crippen LogP contribution in [0.25, 0.3) is 11.1 Å². The van der Waals surface area contributed by atoms with Crippen LogP contribution in [0, 0.1) is 5.82 Å². The largest absolute Gasteiger partial charge is 0.490 e. The van der Waals surface area contributed by atoms with Crippen molar-refractivity contribution in [1.29, 1.82) is 0 Å². The van der Waals surface area contributed by atoms with Gasteiger partial charge in [0.25, 0.3) is 0 Å². The molecule has 0 saturated heterocycles. The zero-order valence-corrected chi connectivity index (χ0v) is 12.8. The molecular formula is C18H22FNO. The number of rotatable bonds is 6. The van der Waals surface area contributed by atoms with Gasteiger partial charge in [0.2, 0.25) is 0 Å². The molecule has 3 heteroatoms. The standard InChI is InChI=1S/C18H22FNO/c1-4-20-12-15-10-9-14(11-17(15)19)16-7-5-6-8-18(16)21-13(2)3/h5-11,13,20H,4,12H2,1-3H3. The smallest absolute Gasteiger partial charge is 0.128 e. The number of ether oxygens (including phenoxy) is 1. The Balaban J connectivity index is 2.32. The van der Waals surface area contributed by atoms with Crippen molar-refractivity contribution in [2.24, 2.45) is 0 Å². The molecule has 0 atom stereocenters. The lowest BCUT2D eigenvalue weighted by Gasteiger charge is -2.15. The summed E-state index contributed by atoms with van der Waals surface area (Å²) in [6.45, 7) is 7.35. The fourth-order valence-corrected chi connectivity index (χ4v) is 2.18. The van der Waals surface area contributed by atoms with Crippen molar-refractivity contribution in [3.05, 3.63) is 53.8 Å². The Kier molecular flexibility index (Phi) is 5.34. The lowest BCUT2D eigenvalue weighted by atomic mass is 10.0. The maximum Gasteiger partial charge on any atom is 0.128 e. The number of para-hydroxylation sites is 1. The van der Waals surface area contributed by atoms with E-state index in [2.05, 4.69) is 5.32 Å². The van der Waals surface area contributed by atoms with Crippen LogP contribution < -0.4 is 10.1 Å². The molecule has 0 bridgehead atoms. The monoisotopic (exact) mass is 287 g/mol. The predicted octanol–water partition coefficient (Wildman–Crippen LogP) is 4.39. The third-order valence-corrected chi connectivity index (χ3v) is 3.18. The Morgan fingerprint density at radius 2 is 1.90 bits per heavy atom. The van der Waals surface area contributed by atoms with Crippen LogP contribution in [0.4, 0.5) is 4.39 Å². The molecule has 2 aromatic carbocycles. The second-order valence-electron chi connectivity index (χ2n) is 5.25. The summed E-state index contributed by atoms with van der Waals surface area (Å²) in [5.74, 6) is 0.596. The van der Waals surface area contributed by atoms with Gasteiger partial charge in [-0.25, -0.2) is 4.39 Å². The summed E-state index contributed by atoms with van der Waals surface area (Å²) in [6, 6.07) is 13.1. The van der Waals surface area contributed by atoms with Gasteiger partial charge in [0.05, 0.1) is 6.10 Å². The molecule has 2 rings (SSSR count). The lowest BCUT2D eigenvalue weighted by Crippen LogP contribution is -2.12. The van der Waals surface area contributed by atoms with Gasteiger partial charge in [0, 0.05) is 17.7 Å². The molecule has 0 saturated carbocycles. The predicted molar refractivity (Wildman–Crippen MR) is 85.0 cm³/mol. The molecule has 0 aromatic heterocycles. The molecule has 2 aromatic rings. The number of benzene rings is 2. The van der Waals surface area contributed by atoms with Crippen molar-refractivity contribution in [1.82, 2.24) is 5.32 Å². The minimum Gasteiger partial charge on any atom is -0.490 e. The average Bonchev–Trinajstić information content (AvgIpc) is 2.46. The van der Waals surface area contributed by atoms with Crippen molar-refractivity contribution >= 4 is 0 Å². The second kappa shape index (κ2) is 7.23. The SMILES string of the molecule is CCNCc1ccc(-c2ccccc2OC(C)C)cc1F. The van der Waals surface area contributed by atoms with E-state index >= 15 is 0 Å². The second-order valence-corrected chi connectivity index (χ2v) is 5.25. The van der Waals surface area contributed by atoms with Gasteiger partial charge in [-0.1, -0.05) is 37.3 Å². The first-order valence-electron chi connectivity index (χ1n) is 7.37. The van der Waals surface area contributed by atoms with Crippen molar-refractivity contribution in [2.45, 2.75) is 33.4 Å². The molecule has 1 N–H and O–H groups in total. The summed E-state index contributed by atoms with van der Waals surface area (Å²) in [5.41, 5.74) is 2.44. The molecule has 0 radical (unpaired) electrons. The van der Waals surface area contributed by atoms with Crippen LogP contribution in [0.5, 0.6) is 5.75 Å². The molecule has 0 heterocycles. The molecule has 0 aliphatic heterocycles. The Morgan fingerprint density at radius 1 is 1.14 bits per heavy atom. The number of halogens is 1. The van der Waals surface area contributed by atoms with Crippen LogP contribution in [-0.4, -0.2) is 12.6 Å². The highest BCUT2D eigenvalue weighted by atomic mass is 19.1. The van der Waals surface area contributed by atoms with E-state index in [0.717, 1.165) is 23.4 Å². The van der Waals surface area contributed by atoms with Gasteiger partial charge in [-0.2, -0.15) is 0 Å². The van der Waals surface area contributed by atoms with E-state index < -0.39 is 0 Å². The van der Waals surface area contributed by atoms with E-state index in [1.807, 2.05) is 57.2 Å². The van der Waals surface area contributed by atoms with E-state index in [4.69, 9.17) is 4.74 Å². The highest BCUT2D eigenvalue weighted by Gasteiger charge is 2.10. The van der Waals surface area contributed by atoms with Crippen molar-refractivity contribution < 1.29 is 9.13 Å². The van der Waals surface area contributed by atoms with Gasteiger partial charge < -0.3 is 10.1 Å². The molecule has 0 amide bonds. The first-order valence-corrected chi connectivity index (χ1v) is 7.37. The number of hydrogen-bond acceptors (Lipinski definition) is 2.